The van der Waals surface area contributed by atoms with Crippen molar-refractivity contribution in [3.8, 4) is 5.75 Å². The van der Waals surface area contributed by atoms with Gasteiger partial charge in [0, 0.05) is 18.8 Å². The van der Waals surface area contributed by atoms with Gasteiger partial charge in [-0.15, -0.1) is 13.2 Å². The molecule has 12 heteroatoms. The molecule has 0 spiro atoms. The second kappa shape index (κ2) is 10.2. The van der Waals surface area contributed by atoms with Gasteiger partial charge < -0.3 is 14.8 Å². The number of nitrogens with one attached hydrogen (secondary N) is 1. The van der Waals surface area contributed by atoms with Gasteiger partial charge in [0.25, 0.3) is 5.91 Å². The summed E-state index contributed by atoms with van der Waals surface area (Å²) in [6.07, 6.45) is -2.32. The maximum Gasteiger partial charge on any atom is 0.573 e. The second-order valence-electron chi connectivity index (χ2n) is 7.19. The molecular formula is C21H21F3N2O6S. The SMILES string of the molecule is O=C(COC(=O)c1cccc(S(=O)(=O)N2CCCCC2)c1)Nc1ccc(OC(F)(F)F)cc1. The summed E-state index contributed by atoms with van der Waals surface area (Å²) in [7, 11) is -3.74. The average molecular weight is 486 g/mol. The number of piperidine rings is 1. The summed E-state index contributed by atoms with van der Waals surface area (Å²) >= 11 is 0. The van der Waals surface area contributed by atoms with Crippen molar-refractivity contribution in [2.24, 2.45) is 0 Å². The molecule has 1 N–H and O–H groups in total. The number of carbonyl (C=O) groups is 2. The molecular weight excluding hydrogens is 465 g/mol. The highest BCUT2D eigenvalue weighted by Crippen LogP contribution is 2.24. The Kier molecular flexibility index (Phi) is 7.59. The molecule has 0 saturated carbocycles. The predicted molar refractivity (Wildman–Crippen MR) is 111 cm³/mol. The average Bonchev–Trinajstić information content (AvgIpc) is 2.78. The number of nitrogens with zero attached hydrogens (tertiary/aromatic N) is 1. The number of alkyl halides is 3. The lowest BCUT2D eigenvalue weighted by molar-refractivity contribution is -0.274. The number of anilines is 1. The highest BCUT2D eigenvalue weighted by Gasteiger charge is 2.31. The summed E-state index contributed by atoms with van der Waals surface area (Å²) in [6.45, 7) is 0.156. The third kappa shape index (κ3) is 6.93. The number of amides is 1. The first-order valence-corrected chi connectivity index (χ1v) is 11.4. The maximum absolute atomic E-state index is 12.8. The van der Waals surface area contributed by atoms with Crippen LogP contribution in [0, 0.1) is 0 Å². The molecule has 2 aromatic rings. The zero-order valence-corrected chi connectivity index (χ0v) is 18.1. The van der Waals surface area contributed by atoms with E-state index in [9.17, 15) is 31.2 Å². The fourth-order valence-electron chi connectivity index (χ4n) is 3.19. The molecule has 0 aromatic heterocycles. The Morgan fingerprint density at radius 1 is 1.00 bits per heavy atom. The van der Waals surface area contributed by atoms with Gasteiger partial charge in [-0.2, -0.15) is 4.31 Å². The quantitative estimate of drug-likeness (QED) is 0.601. The minimum absolute atomic E-state index is 0.0328. The Labute approximate surface area is 188 Å². The van der Waals surface area contributed by atoms with Crippen molar-refractivity contribution in [2.75, 3.05) is 25.0 Å². The van der Waals surface area contributed by atoms with Crippen LogP contribution >= 0.6 is 0 Å². The van der Waals surface area contributed by atoms with E-state index in [0.717, 1.165) is 31.4 Å². The normalized spacial score (nSPS) is 15.0. The zero-order valence-electron chi connectivity index (χ0n) is 17.3. The van der Waals surface area contributed by atoms with E-state index in [1.54, 1.807) is 0 Å². The summed E-state index contributed by atoms with van der Waals surface area (Å²) in [5.41, 5.74) is 0.134. The highest BCUT2D eigenvalue weighted by molar-refractivity contribution is 7.89. The van der Waals surface area contributed by atoms with Gasteiger partial charge in [0.1, 0.15) is 5.75 Å². The lowest BCUT2D eigenvalue weighted by atomic mass is 10.2. The minimum Gasteiger partial charge on any atom is -0.452 e. The van der Waals surface area contributed by atoms with E-state index in [2.05, 4.69) is 10.1 Å². The lowest BCUT2D eigenvalue weighted by Crippen LogP contribution is -2.35. The molecule has 1 fully saturated rings. The highest BCUT2D eigenvalue weighted by atomic mass is 32.2. The van der Waals surface area contributed by atoms with E-state index < -0.39 is 40.6 Å². The van der Waals surface area contributed by atoms with Gasteiger partial charge in [-0.25, -0.2) is 13.2 Å². The Bertz CT molecular complexity index is 1100. The van der Waals surface area contributed by atoms with E-state index in [0.29, 0.717) is 13.1 Å². The Morgan fingerprint density at radius 3 is 2.30 bits per heavy atom. The summed E-state index contributed by atoms with van der Waals surface area (Å²) in [4.78, 5) is 24.3. The van der Waals surface area contributed by atoms with Crippen LogP contribution in [0.2, 0.25) is 0 Å². The van der Waals surface area contributed by atoms with E-state index in [1.807, 2.05) is 0 Å². The molecule has 1 aliphatic rings. The van der Waals surface area contributed by atoms with E-state index in [4.69, 9.17) is 4.74 Å². The maximum atomic E-state index is 12.8. The van der Waals surface area contributed by atoms with Crippen LogP contribution in [-0.4, -0.2) is 50.7 Å². The van der Waals surface area contributed by atoms with E-state index >= 15 is 0 Å². The number of hydrogen-bond donors (Lipinski definition) is 1. The number of rotatable bonds is 7. The Hall–Kier alpha value is -3.12. The fraction of sp³-hybridized carbons (Fsp3) is 0.333. The van der Waals surface area contributed by atoms with E-state index in [-0.39, 0.29) is 16.1 Å². The monoisotopic (exact) mass is 486 g/mol. The first-order chi connectivity index (χ1) is 15.5. The molecule has 1 heterocycles. The van der Waals surface area contributed by atoms with Crippen LogP contribution in [0.1, 0.15) is 29.6 Å². The molecule has 33 heavy (non-hydrogen) atoms. The van der Waals surface area contributed by atoms with Crippen molar-refractivity contribution >= 4 is 27.6 Å². The summed E-state index contributed by atoms with van der Waals surface area (Å²) < 4.78 is 72.1. The number of carbonyl (C=O) groups excluding carboxylic acids is 2. The third-order valence-corrected chi connectivity index (χ3v) is 6.62. The van der Waals surface area contributed by atoms with Crippen molar-refractivity contribution < 1.29 is 40.7 Å². The van der Waals surface area contributed by atoms with Crippen LogP contribution in [0.15, 0.2) is 53.4 Å². The van der Waals surface area contributed by atoms with E-state index in [1.165, 1.54) is 40.7 Å². The summed E-state index contributed by atoms with van der Waals surface area (Å²) in [5.74, 6) is -2.08. The van der Waals surface area contributed by atoms with Crippen LogP contribution < -0.4 is 10.1 Å². The standard InChI is InChI=1S/C21H21F3N2O6S/c22-21(23,24)32-17-9-7-16(8-10-17)25-19(27)14-31-20(28)15-5-4-6-18(13-15)33(29,30)26-11-2-1-3-12-26/h4-10,13H,1-3,11-12,14H2,(H,25,27). The topological polar surface area (TPSA) is 102 Å². The largest absolute Gasteiger partial charge is 0.573 e. The number of hydrogen-bond acceptors (Lipinski definition) is 6. The molecule has 2 aromatic carbocycles. The van der Waals surface area contributed by atoms with Crippen LogP contribution in [0.25, 0.3) is 0 Å². The van der Waals surface area contributed by atoms with Gasteiger partial charge in [0.05, 0.1) is 10.5 Å². The van der Waals surface area contributed by atoms with Crippen LogP contribution in [0.3, 0.4) is 0 Å². The molecule has 0 aliphatic carbocycles. The van der Waals surface area contributed by atoms with Crippen molar-refractivity contribution in [1.29, 1.82) is 0 Å². The molecule has 3 rings (SSSR count). The molecule has 0 radical (unpaired) electrons. The van der Waals surface area contributed by atoms with Crippen molar-refractivity contribution in [2.45, 2.75) is 30.5 Å². The number of esters is 1. The fourth-order valence-corrected chi connectivity index (χ4v) is 4.75. The molecule has 0 unspecified atom stereocenters. The van der Waals surface area contributed by atoms with Crippen LogP contribution in [0.4, 0.5) is 18.9 Å². The number of sulfonamides is 1. The number of ether oxygens (including phenoxy) is 2. The van der Waals surface area contributed by atoms with Gasteiger partial charge in [-0.3, -0.25) is 4.79 Å². The third-order valence-electron chi connectivity index (χ3n) is 4.73. The minimum atomic E-state index is -4.83. The molecule has 1 aliphatic heterocycles. The Balaban J connectivity index is 1.56. The summed E-state index contributed by atoms with van der Waals surface area (Å²) in [6, 6.07) is 9.79. The molecule has 178 valence electrons. The van der Waals surface area contributed by atoms with Gasteiger partial charge in [-0.05, 0) is 55.3 Å². The molecule has 0 atom stereocenters. The molecule has 0 bridgehead atoms. The predicted octanol–water partition coefficient (Wildman–Crippen LogP) is 3.56. The van der Waals surface area contributed by atoms with Gasteiger partial charge in [0.15, 0.2) is 6.61 Å². The van der Waals surface area contributed by atoms with Crippen LogP contribution in [-0.2, 0) is 19.6 Å². The second-order valence-corrected chi connectivity index (χ2v) is 9.13. The zero-order chi connectivity index (χ0) is 24.1. The van der Waals surface area contributed by atoms with Crippen LogP contribution in [0.5, 0.6) is 5.75 Å². The number of benzene rings is 2. The smallest absolute Gasteiger partial charge is 0.452 e. The van der Waals surface area contributed by atoms with Gasteiger partial charge in [-0.1, -0.05) is 12.5 Å². The van der Waals surface area contributed by atoms with Gasteiger partial charge in [0.2, 0.25) is 10.0 Å². The van der Waals surface area contributed by atoms with Crippen molar-refractivity contribution in [3.05, 3.63) is 54.1 Å². The molecule has 1 saturated heterocycles. The lowest BCUT2D eigenvalue weighted by Gasteiger charge is -2.25. The van der Waals surface area contributed by atoms with Gasteiger partial charge >= 0.3 is 12.3 Å². The Morgan fingerprint density at radius 2 is 1.67 bits per heavy atom. The number of halogens is 3. The molecule has 1 amide bonds. The first-order valence-electron chi connectivity index (χ1n) is 9.98. The molecule has 8 nitrogen and oxygen atoms in total. The summed E-state index contributed by atoms with van der Waals surface area (Å²) in [5, 5.41) is 2.36. The van der Waals surface area contributed by atoms with Crippen molar-refractivity contribution in [3.63, 3.8) is 0 Å². The van der Waals surface area contributed by atoms with Crippen molar-refractivity contribution in [1.82, 2.24) is 4.31 Å². The first kappa shape index (κ1) is 24.5.